The molecule has 0 saturated heterocycles. The highest BCUT2D eigenvalue weighted by atomic mass is 79.9. The van der Waals surface area contributed by atoms with E-state index in [9.17, 15) is 14.9 Å². The molecule has 98 valence electrons. The Balaban J connectivity index is 0.00000180. The van der Waals surface area contributed by atoms with E-state index in [-0.39, 0.29) is 35.0 Å². The number of pyridine rings is 1. The molecular weight excluding hydrogens is 312 g/mol. The van der Waals surface area contributed by atoms with Crippen molar-refractivity contribution in [3.63, 3.8) is 0 Å². The standard InChI is InChI=1S/C13H11N2O3.BrH/c16-13(10-14-7-2-1-3-8-14)11-5-4-6-12(9-11)15(17)18;/h1-9H,10H2;1H/q+1;/p-1. The second-order valence-electron chi connectivity index (χ2n) is 3.78. The number of ketones is 1. The van der Waals surface area contributed by atoms with Crippen molar-refractivity contribution in [2.45, 2.75) is 6.54 Å². The van der Waals surface area contributed by atoms with E-state index in [2.05, 4.69) is 0 Å². The van der Waals surface area contributed by atoms with Crippen LogP contribution in [0, 0.1) is 10.1 Å². The first-order valence-corrected chi connectivity index (χ1v) is 5.38. The van der Waals surface area contributed by atoms with Crippen LogP contribution in [0.3, 0.4) is 0 Å². The molecule has 6 heteroatoms. The minimum Gasteiger partial charge on any atom is -1.00 e. The Morgan fingerprint density at radius 1 is 1.16 bits per heavy atom. The summed E-state index contributed by atoms with van der Waals surface area (Å²) in [7, 11) is 0. The average molecular weight is 323 g/mol. The molecule has 0 atom stereocenters. The maximum absolute atomic E-state index is 11.9. The van der Waals surface area contributed by atoms with Crippen LogP contribution in [0.1, 0.15) is 10.4 Å². The van der Waals surface area contributed by atoms with Crippen LogP contribution < -0.4 is 21.5 Å². The number of benzene rings is 1. The van der Waals surface area contributed by atoms with Crippen molar-refractivity contribution in [1.29, 1.82) is 0 Å². The van der Waals surface area contributed by atoms with Gasteiger partial charge in [-0.2, -0.15) is 4.57 Å². The molecule has 2 rings (SSSR count). The Morgan fingerprint density at radius 3 is 2.47 bits per heavy atom. The Morgan fingerprint density at radius 2 is 1.84 bits per heavy atom. The van der Waals surface area contributed by atoms with Crippen molar-refractivity contribution in [3.05, 3.63) is 70.5 Å². The number of halogens is 1. The van der Waals surface area contributed by atoms with Crippen LogP contribution in [-0.4, -0.2) is 10.7 Å². The van der Waals surface area contributed by atoms with Gasteiger partial charge in [0.25, 0.3) is 5.69 Å². The Kier molecular flexibility index (Phi) is 5.32. The third-order valence-corrected chi connectivity index (χ3v) is 2.48. The topological polar surface area (TPSA) is 64.1 Å². The molecule has 0 spiro atoms. The number of carbonyl (C=O) groups is 1. The lowest BCUT2D eigenvalue weighted by atomic mass is 10.1. The van der Waals surface area contributed by atoms with E-state index < -0.39 is 4.92 Å². The van der Waals surface area contributed by atoms with Gasteiger partial charge in [0.1, 0.15) is 0 Å². The molecule has 0 aliphatic heterocycles. The third-order valence-electron chi connectivity index (χ3n) is 2.48. The summed E-state index contributed by atoms with van der Waals surface area (Å²) < 4.78 is 1.72. The van der Waals surface area contributed by atoms with Gasteiger partial charge in [-0.3, -0.25) is 14.9 Å². The first-order chi connectivity index (χ1) is 8.66. The van der Waals surface area contributed by atoms with E-state index in [1.165, 1.54) is 18.2 Å². The number of nitro benzene ring substituents is 1. The second-order valence-corrected chi connectivity index (χ2v) is 3.78. The van der Waals surface area contributed by atoms with Crippen molar-refractivity contribution < 1.29 is 31.3 Å². The molecule has 19 heavy (non-hydrogen) atoms. The fourth-order valence-corrected chi connectivity index (χ4v) is 1.59. The lowest BCUT2D eigenvalue weighted by Crippen LogP contribution is -3.00. The molecule has 1 aromatic heterocycles. The number of hydrogen-bond donors (Lipinski definition) is 0. The number of aromatic nitrogens is 1. The molecule has 2 aromatic rings. The number of Topliss-reactive ketones (excluding diaryl/α,β-unsaturated/α-hetero) is 1. The second kappa shape index (κ2) is 6.75. The molecule has 0 radical (unpaired) electrons. The van der Waals surface area contributed by atoms with Gasteiger partial charge in [-0.25, -0.2) is 0 Å². The Hall–Kier alpha value is -2.08. The summed E-state index contributed by atoms with van der Waals surface area (Å²) in [5.41, 5.74) is 0.277. The maximum Gasteiger partial charge on any atom is 0.270 e. The number of hydrogen-bond acceptors (Lipinski definition) is 3. The van der Waals surface area contributed by atoms with Crippen LogP contribution in [0.2, 0.25) is 0 Å². The van der Waals surface area contributed by atoms with Crippen molar-refractivity contribution >= 4 is 11.5 Å². The molecule has 1 heterocycles. The fourth-order valence-electron chi connectivity index (χ4n) is 1.59. The molecule has 0 aliphatic carbocycles. The van der Waals surface area contributed by atoms with Crippen LogP contribution in [0.25, 0.3) is 0 Å². The molecule has 0 amide bonds. The van der Waals surface area contributed by atoms with Gasteiger partial charge < -0.3 is 17.0 Å². The summed E-state index contributed by atoms with van der Waals surface area (Å²) in [5, 5.41) is 10.6. The van der Waals surface area contributed by atoms with Gasteiger partial charge >= 0.3 is 0 Å². The van der Waals surface area contributed by atoms with Gasteiger partial charge in [0.2, 0.25) is 12.3 Å². The smallest absolute Gasteiger partial charge is 0.270 e. The number of nitrogens with zero attached hydrogens (tertiary/aromatic N) is 2. The van der Waals surface area contributed by atoms with E-state index in [0.717, 1.165) is 0 Å². The predicted octanol–water partition coefficient (Wildman–Crippen LogP) is -1.23. The van der Waals surface area contributed by atoms with Crippen LogP contribution in [0.5, 0.6) is 0 Å². The van der Waals surface area contributed by atoms with Crippen molar-refractivity contribution in [3.8, 4) is 0 Å². The molecule has 0 aliphatic rings. The predicted molar refractivity (Wildman–Crippen MR) is 64.1 cm³/mol. The highest BCUT2D eigenvalue weighted by molar-refractivity contribution is 5.95. The third kappa shape index (κ3) is 3.96. The average Bonchev–Trinajstić information content (AvgIpc) is 2.40. The molecule has 5 nitrogen and oxygen atoms in total. The van der Waals surface area contributed by atoms with Crippen LogP contribution in [0.4, 0.5) is 5.69 Å². The summed E-state index contributed by atoms with van der Waals surface area (Å²) >= 11 is 0. The molecule has 0 bridgehead atoms. The molecule has 0 saturated carbocycles. The van der Waals surface area contributed by atoms with Crippen molar-refractivity contribution in [2.24, 2.45) is 0 Å². The SMILES string of the molecule is O=C(C[n+]1ccccc1)c1cccc([N+](=O)[O-])c1.[Br-]. The van der Waals surface area contributed by atoms with E-state index in [0.29, 0.717) is 5.56 Å². The van der Waals surface area contributed by atoms with Gasteiger partial charge in [-0.05, 0) is 0 Å². The molecule has 0 unspecified atom stereocenters. The lowest BCUT2D eigenvalue weighted by molar-refractivity contribution is -0.683. The van der Waals surface area contributed by atoms with Crippen LogP contribution >= 0.6 is 0 Å². The van der Waals surface area contributed by atoms with Crippen molar-refractivity contribution in [1.82, 2.24) is 0 Å². The highest BCUT2D eigenvalue weighted by Gasteiger charge is 2.14. The Bertz CT molecular complexity index is 587. The van der Waals surface area contributed by atoms with Crippen molar-refractivity contribution in [2.75, 3.05) is 0 Å². The number of carbonyl (C=O) groups excluding carboxylic acids is 1. The number of rotatable bonds is 4. The summed E-state index contributed by atoms with van der Waals surface area (Å²) in [4.78, 5) is 22.1. The molecular formula is C13H11BrN2O3. The zero-order valence-corrected chi connectivity index (χ0v) is 11.5. The zero-order chi connectivity index (χ0) is 13.0. The van der Waals surface area contributed by atoms with Gasteiger partial charge in [-0.15, -0.1) is 0 Å². The van der Waals surface area contributed by atoms with E-state index in [1.807, 2.05) is 18.2 Å². The highest BCUT2D eigenvalue weighted by Crippen LogP contribution is 2.13. The number of nitro groups is 1. The van der Waals surface area contributed by atoms with Gasteiger partial charge in [0, 0.05) is 29.8 Å². The summed E-state index contributed by atoms with van der Waals surface area (Å²) in [5.74, 6) is -0.157. The first-order valence-electron chi connectivity index (χ1n) is 5.38. The summed E-state index contributed by atoms with van der Waals surface area (Å²) in [6, 6.07) is 11.3. The minimum absolute atomic E-state index is 0. The van der Waals surface area contributed by atoms with E-state index >= 15 is 0 Å². The quantitative estimate of drug-likeness (QED) is 0.306. The monoisotopic (exact) mass is 322 g/mol. The van der Waals surface area contributed by atoms with E-state index in [4.69, 9.17) is 0 Å². The fraction of sp³-hybridized carbons (Fsp3) is 0.0769. The summed E-state index contributed by atoms with van der Waals surface area (Å²) in [6.45, 7) is 0.169. The molecule has 1 aromatic carbocycles. The zero-order valence-electron chi connectivity index (χ0n) is 9.90. The molecule has 0 fully saturated rings. The van der Waals surface area contributed by atoms with Gasteiger partial charge in [-0.1, -0.05) is 18.2 Å². The number of non-ortho nitro benzene ring substituents is 1. The Labute approximate surface area is 120 Å². The van der Waals surface area contributed by atoms with E-state index in [1.54, 1.807) is 23.0 Å². The molecule has 0 N–H and O–H groups in total. The lowest BCUT2D eigenvalue weighted by Gasteiger charge is -1.98. The normalized spacial score (nSPS) is 9.47. The van der Waals surface area contributed by atoms with Gasteiger partial charge in [0.15, 0.2) is 12.4 Å². The first kappa shape index (κ1) is 15.0. The van der Waals surface area contributed by atoms with Crippen LogP contribution in [-0.2, 0) is 6.54 Å². The largest absolute Gasteiger partial charge is 1.00 e. The minimum atomic E-state index is -0.508. The summed E-state index contributed by atoms with van der Waals surface area (Å²) in [6.07, 6.45) is 3.55. The van der Waals surface area contributed by atoms with Gasteiger partial charge in [0.05, 0.1) is 4.92 Å². The maximum atomic E-state index is 11.9. The van der Waals surface area contributed by atoms with Crippen LogP contribution in [0.15, 0.2) is 54.9 Å².